The Morgan fingerprint density at radius 2 is 1.16 bits per heavy atom. The molecule has 43 heavy (non-hydrogen) atoms. The van der Waals surface area contributed by atoms with E-state index >= 15 is 0 Å². The van der Waals surface area contributed by atoms with Gasteiger partial charge in [0, 0.05) is 42.0 Å². The molecule has 7 aromatic carbocycles. The number of nitrogens with zero attached hydrogens (tertiary/aromatic N) is 1. The van der Waals surface area contributed by atoms with Gasteiger partial charge in [0.2, 0.25) is 0 Å². The van der Waals surface area contributed by atoms with Crippen molar-refractivity contribution >= 4 is 81.3 Å². The van der Waals surface area contributed by atoms with Gasteiger partial charge in [0.05, 0.1) is 11.4 Å². The molecule has 202 valence electrons. The second-order valence-electron chi connectivity index (χ2n) is 10.9. The Morgan fingerprint density at radius 3 is 2.02 bits per heavy atom. The first-order valence-electron chi connectivity index (χ1n) is 14.5. The van der Waals surface area contributed by atoms with Crippen molar-refractivity contribution in [3.05, 3.63) is 152 Å². The maximum absolute atomic E-state index is 6.65. The molecule has 0 aliphatic carbocycles. The van der Waals surface area contributed by atoms with Gasteiger partial charge < -0.3 is 9.32 Å². The normalized spacial score (nSPS) is 11.7. The summed E-state index contributed by atoms with van der Waals surface area (Å²) in [6.07, 6.45) is 0. The van der Waals surface area contributed by atoms with Crippen molar-refractivity contribution in [3.63, 3.8) is 0 Å². The fourth-order valence-corrected chi connectivity index (χ4v) is 7.65. The van der Waals surface area contributed by atoms with Gasteiger partial charge in [-0.05, 0) is 52.9 Å². The summed E-state index contributed by atoms with van der Waals surface area (Å²) in [7, 11) is 0. The van der Waals surface area contributed by atoms with Crippen molar-refractivity contribution in [2.24, 2.45) is 0 Å². The van der Waals surface area contributed by atoms with Gasteiger partial charge >= 0.3 is 0 Å². The summed E-state index contributed by atoms with van der Waals surface area (Å²) in [5.74, 6) is 0. The van der Waals surface area contributed by atoms with Crippen LogP contribution in [0, 0.1) is 0 Å². The fraction of sp³-hybridized carbons (Fsp3) is 0. The van der Waals surface area contributed by atoms with Crippen LogP contribution in [0.15, 0.2) is 156 Å². The van der Waals surface area contributed by atoms with Crippen LogP contribution in [0.5, 0.6) is 0 Å². The first kappa shape index (κ1) is 24.2. The SMILES string of the molecule is c1ccc(-c2ccc(N(c3cccc4c3oc3ccccc34)c3c4ccccc4cc4sc5ccccc5c34)cc2)cc1. The zero-order valence-corrected chi connectivity index (χ0v) is 24.0. The van der Waals surface area contributed by atoms with Gasteiger partial charge in [-0.3, -0.25) is 0 Å². The number of rotatable bonds is 4. The molecule has 0 saturated carbocycles. The van der Waals surface area contributed by atoms with Crippen LogP contribution < -0.4 is 4.90 Å². The minimum absolute atomic E-state index is 0.886. The van der Waals surface area contributed by atoms with Crippen LogP contribution in [-0.2, 0) is 0 Å². The van der Waals surface area contributed by atoms with Gasteiger partial charge in [-0.2, -0.15) is 0 Å². The molecule has 0 N–H and O–H groups in total. The lowest BCUT2D eigenvalue weighted by atomic mass is 10.00. The van der Waals surface area contributed by atoms with Crippen molar-refractivity contribution in [1.82, 2.24) is 0 Å². The monoisotopic (exact) mass is 567 g/mol. The molecule has 9 aromatic rings. The van der Waals surface area contributed by atoms with Crippen molar-refractivity contribution < 1.29 is 4.42 Å². The van der Waals surface area contributed by atoms with E-state index in [2.05, 4.69) is 150 Å². The largest absolute Gasteiger partial charge is 0.454 e. The van der Waals surface area contributed by atoms with E-state index in [0.717, 1.165) is 33.3 Å². The van der Waals surface area contributed by atoms with E-state index in [1.165, 1.54) is 47.8 Å². The Morgan fingerprint density at radius 1 is 0.488 bits per heavy atom. The van der Waals surface area contributed by atoms with E-state index in [4.69, 9.17) is 4.42 Å². The predicted octanol–water partition coefficient (Wildman–Crippen LogP) is 12.2. The summed E-state index contributed by atoms with van der Waals surface area (Å²) >= 11 is 1.86. The zero-order valence-electron chi connectivity index (χ0n) is 23.2. The molecule has 0 bridgehead atoms. The van der Waals surface area contributed by atoms with E-state index in [1.54, 1.807) is 0 Å². The Bertz CT molecular complexity index is 2450. The minimum atomic E-state index is 0.886. The zero-order chi connectivity index (χ0) is 28.3. The number of fused-ring (bicyclic) bond motifs is 7. The predicted molar refractivity (Wildman–Crippen MR) is 184 cm³/mol. The molecule has 0 aliphatic rings. The Hall–Kier alpha value is -5.38. The number of hydrogen-bond donors (Lipinski definition) is 0. The number of para-hydroxylation sites is 2. The Labute approximate surface area is 252 Å². The first-order valence-corrected chi connectivity index (χ1v) is 15.3. The molecule has 0 spiro atoms. The molecule has 0 saturated heterocycles. The smallest absolute Gasteiger partial charge is 0.159 e. The molecular weight excluding hydrogens is 543 g/mol. The highest BCUT2D eigenvalue weighted by atomic mass is 32.1. The van der Waals surface area contributed by atoms with Gasteiger partial charge in [-0.25, -0.2) is 0 Å². The van der Waals surface area contributed by atoms with Crippen LogP contribution in [0.1, 0.15) is 0 Å². The summed E-state index contributed by atoms with van der Waals surface area (Å²) in [5.41, 5.74) is 7.46. The molecule has 9 rings (SSSR count). The van der Waals surface area contributed by atoms with E-state index in [0.29, 0.717) is 0 Å². The minimum Gasteiger partial charge on any atom is -0.454 e. The van der Waals surface area contributed by atoms with E-state index in [9.17, 15) is 0 Å². The summed E-state index contributed by atoms with van der Waals surface area (Å²) in [4.78, 5) is 2.42. The van der Waals surface area contributed by atoms with Crippen molar-refractivity contribution in [2.75, 3.05) is 4.90 Å². The Balaban J connectivity index is 1.41. The number of furan rings is 1. The van der Waals surface area contributed by atoms with Gasteiger partial charge in [-0.1, -0.05) is 115 Å². The molecule has 2 aromatic heterocycles. The topological polar surface area (TPSA) is 16.4 Å². The third-order valence-electron chi connectivity index (χ3n) is 8.44. The van der Waals surface area contributed by atoms with Crippen molar-refractivity contribution in [1.29, 1.82) is 0 Å². The van der Waals surface area contributed by atoms with Crippen LogP contribution in [0.4, 0.5) is 17.1 Å². The van der Waals surface area contributed by atoms with E-state index in [1.807, 2.05) is 17.4 Å². The lowest BCUT2D eigenvalue weighted by molar-refractivity contribution is 0.669. The standard InChI is InChI=1S/C40H25NOS/c1-2-11-26(12-3-1)27-21-23-29(24-22-27)41(34-18-10-17-32-31-15-6-8-19-35(31)42-40(32)34)39-30-14-5-4-13-28(30)25-37-38(39)33-16-7-9-20-36(33)43-37/h1-25H. The van der Waals surface area contributed by atoms with Crippen molar-refractivity contribution in [2.45, 2.75) is 0 Å². The first-order chi connectivity index (χ1) is 21.3. The van der Waals surface area contributed by atoms with Gasteiger partial charge in [-0.15, -0.1) is 11.3 Å². The molecule has 0 aliphatic heterocycles. The number of thiophene rings is 1. The lowest BCUT2D eigenvalue weighted by Crippen LogP contribution is -2.11. The van der Waals surface area contributed by atoms with Gasteiger partial charge in [0.25, 0.3) is 0 Å². The second-order valence-corrected chi connectivity index (χ2v) is 12.0. The summed E-state index contributed by atoms with van der Waals surface area (Å²) < 4.78 is 9.22. The average molecular weight is 568 g/mol. The number of hydrogen-bond acceptors (Lipinski definition) is 3. The summed E-state index contributed by atoms with van der Waals surface area (Å²) in [6.45, 7) is 0. The highest BCUT2D eigenvalue weighted by Gasteiger charge is 2.24. The maximum atomic E-state index is 6.65. The van der Waals surface area contributed by atoms with Crippen LogP contribution in [-0.4, -0.2) is 0 Å². The van der Waals surface area contributed by atoms with Crippen LogP contribution >= 0.6 is 11.3 Å². The number of benzene rings is 7. The highest BCUT2D eigenvalue weighted by molar-refractivity contribution is 7.26. The van der Waals surface area contributed by atoms with Crippen LogP contribution in [0.2, 0.25) is 0 Å². The van der Waals surface area contributed by atoms with Crippen LogP contribution in [0.25, 0.3) is 64.0 Å². The molecule has 2 nitrogen and oxygen atoms in total. The van der Waals surface area contributed by atoms with E-state index in [-0.39, 0.29) is 0 Å². The van der Waals surface area contributed by atoms with E-state index < -0.39 is 0 Å². The molecule has 2 heterocycles. The quantitative estimate of drug-likeness (QED) is 0.210. The van der Waals surface area contributed by atoms with Crippen LogP contribution in [0.3, 0.4) is 0 Å². The summed E-state index contributed by atoms with van der Waals surface area (Å²) in [5, 5.41) is 7.21. The second kappa shape index (κ2) is 9.59. The van der Waals surface area contributed by atoms with Crippen molar-refractivity contribution in [3.8, 4) is 11.1 Å². The Kier molecular flexibility index (Phi) is 5.40. The molecule has 0 fully saturated rings. The highest BCUT2D eigenvalue weighted by Crippen LogP contribution is 2.50. The third kappa shape index (κ3) is 3.79. The molecule has 0 atom stereocenters. The van der Waals surface area contributed by atoms with Gasteiger partial charge in [0.15, 0.2) is 5.58 Å². The third-order valence-corrected chi connectivity index (χ3v) is 9.56. The molecule has 0 amide bonds. The summed E-state index contributed by atoms with van der Waals surface area (Å²) in [6, 6.07) is 54.2. The lowest BCUT2D eigenvalue weighted by Gasteiger charge is -2.28. The maximum Gasteiger partial charge on any atom is 0.159 e. The molecule has 0 radical (unpaired) electrons. The fourth-order valence-electron chi connectivity index (χ4n) is 6.49. The average Bonchev–Trinajstić information content (AvgIpc) is 3.64. The molecule has 0 unspecified atom stereocenters. The van der Waals surface area contributed by atoms with Gasteiger partial charge in [0.1, 0.15) is 5.58 Å². The molecule has 3 heteroatoms. The number of anilines is 3. The molecular formula is C40H25NOS.